The zero-order valence-corrected chi connectivity index (χ0v) is 12.5. The molecule has 0 spiro atoms. The highest BCUT2D eigenvalue weighted by Crippen LogP contribution is 2.45. The molecule has 2 atom stereocenters. The lowest BCUT2D eigenvalue weighted by atomic mass is 10.0. The molecule has 0 aromatic rings. The molecule has 1 rings (SSSR count). The predicted molar refractivity (Wildman–Crippen MR) is 70.2 cm³/mol. The SMILES string of the molecule is C=CC1(OC)O[Si](C=C)(OC)CCC1(OC)OC. The Balaban J connectivity index is 3.22. The van der Waals surface area contributed by atoms with E-state index < -0.39 is 20.1 Å². The minimum Gasteiger partial charge on any atom is -0.395 e. The van der Waals surface area contributed by atoms with E-state index in [9.17, 15) is 0 Å². The minimum atomic E-state index is -2.52. The molecule has 1 fully saturated rings. The third-order valence-corrected chi connectivity index (χ3v) is 6.45. The standard InChI is InChI=1S/C12H22O5Si/c1-7-11(13-3)12(14-4,15-5)9-10-18(8-2,16-6)17-11/h7-8H,1-2,9-10H2,3-6H3. The van der Waals surface area contributed by atoms with Gasteiger partial charge in [0.1, 0.15) is 0 Å². The monoisotopic (exact) mass is 274 g/mol. The van der Waals surface area contributed by atoms with Crippen LogP contribution in [0.4, 0.5) is 0 Å². The van der Waals surface area contributed by atoms with Crippen molar-refractivity contribution in [2.45, 2.75) is 24.0 Å². The van der Waals surface area contributed by atoms with Crippen molar-refractivity contribution >= 4 is 8.56 Å². The summed E-state index contributed by atoms with van der Waals surface area (Å²) in [6.07, 6.45) is 2.12. The molecule has 0 saturated carbocycles. The van der Waals surface area contributed by atoms with Crippen LogP contribution in [-0.4, -0.2) is 48.6 Å². The quantitative estimate of drug-likeness (QED) is 0.419. The van der Waals surface area contributed by atoms with Crippen LogP contribution in [-0.2, 0) is 23.1 Å². The average molecular weight is 274 g/mol. The largest absolute Gasteiger partial charge is 0.395 e. The van der Waals surface area contributed by atoms with Crippen molar-refractivity contribution in [1.29, 1.82) is 0 Å². The van der Waals surface area contributed by atoms with E-state index in [0.29, 0.717) is 12.5 Å². The number of hydrogen-bond donors (Lipinski definition) is 0. The first-order chi connectivity index (χ1) is 8.53. The van der Waals surface area contributed by atoms with Gasteiger partial charge in [0.05, 0.1) is 0 Å². The number of methoxy groups -OCH3 is 3. The van der Waals surface area contributed by atoms with Gasteiger partial charge in [-0.05, 0) is 11.8 Å². The molecule has 1 aliphatic rings. The number of hydrogen-bond acceptors (Lipinski definition) is 5. The van der Waals surface area contributed by atoms with E-state index >= 15 is 0 Å². The van der Waals surface area contributed by atoms with Gasteiger partial charge in [0.25, 0.3) is 0 Å². The van der Waals surface area contributed by atoms with Crippen molar-refractivity contribution in [2.75, 3.05) is 28.4 Å². The first-order valence-corrected chi connectivity index (χ1v) is 7.81. The van der Waals surface area contributed by atoms with E-state index in [1.807, 2.05) is 0 Å². The summed E-state index contributed by atoms with van der Waals surface area (Å²) in [6, 6.07) is 0.674. The Morgan fingerprint density at radius 3 is 2.06 bits per heavy atom. The molecule has 1 aliphatic heterocycles. The molecule has 0 N–H and O–H groups in total. The van der Waals surface area contributed by atoms with Crippen LogP contribution in [0.5, 0.6) is 0 Å². The molecule has 0 bridgehead atoms. The zero-order chi connectivity index (χ0) is 13.9. The maximum atomic E-state index is 6.06. The van der Waals surface area contributed by atoms with Crippen LogP contribution in [0.3, 0.4) is 0 Å². The first kappa shape index (κ1) is 15.6. The summed E-state index contributed by atoms with van der Waals surface area (Å²) in [7, 11) is 3.73. The topological polar surface area (TPSA) is 46.2 Å². The molecule has 1 heterocycles. The van der Waals surface area contributed by atoms with E-state index in [0.717, 1.165) is 0 Å². The molecule has 1 saturated heterocycles. The summed E-state index contributed by atoms with van der Waals surface area (Å²) in [4.78, 5) is 0. The lowest BCUT2D eigenvalue weighted by molar-refractivity contribution is -0.363. The third kappa shape index (κ3) is 2.09. The van der Waals surface area contributed by atoms with Crippen molar-refractivity contribution in [3.05, 3.63) is 24.9 Å². The summed E-state index contributed by atoms with van der Waals surface area (Å²) in [5, 5.41) is 0. The fourth-order valence-electron chi connectivity index (χ4n) is 2.32. The summed E-state index contributed by atoms with van der Waals surface area (Å²) >= 11 is 0. The van der Waals surface area contributed by atoms with E-state index in [2.05, 4.69) is 13.2 Å². The predicted octanol–water partition coefficient (Wildman–Crippen LogP) is 1.74. The van der Waals surface area contributed by atoms with Crippen molar-refractivity contribution < 1.29 is 23.1 Å². The van der Waals surface area contributed by atoms with E-state index in [1.165, 1.54) is 7.11 Å². The Morgan fingerprint density at radius 2 is 1.72 bits per heavy atom. The van der Waals surface area contributed by atoms with Gasteiger partial charge in [-0.25, -0.2) is 0 Å². The molecule has 104 valence electrons. The van der Waals surface area contributed by atoms with Crippen LogP contribution in [0.2, 0.25) is 6.04 Å². The molecule has 0 radical (unpaired) electrons. The Labute approximate surface area is 110 Å². The van der Waals surface area contributed by atoms with Gasteiger partial charge in [0.2, 0.25) is 11.6 Å². The number of ether oxygens (including phenoxy) is 3. The van der Waals surface area contributed by atoms with E-state index in [-0.39, 0.29) is 0 Å². The van der Waals surface area contributed by atoms with Crippen LogP contribution in [0.25, 0.3) is 0 Å². The summed E-state index contributed by atoms with van der Waals surface area (Å²) in [5.41, 5.74) is 1.74. The van der Waals surface area contributed by atoms with Gasteiger partial charge >= 0.3 is 8.56 Å². The Hall–Kier alpha value is -0.503. The van der Waals surface area contributed by atoms with E-state index in [4.69, 9.17) is 23.1 Å². The van der Waals surface area contributed by atoms with Crippen molar-refractivity contribution in [3.8, 4) is 0 Å². The van der Waals surface area contributed by atoms with Crippen LogP contribution in [0, 0.1) is 0 Å². The van der Waals surface area contributed by atoms with Crippen LogP contribution < -0.4 is 0 Å². The normalized spacial score (nSPS) is 35.1. The molecule has 0 aliphatic carbocycles. The lowest BCUT2D eigenvalue weighted by Crippen LogP contribution is -2.67. The van der Waals surface area contributed by atoms with Crippen LogP contribution in [0.1, 0.15) is 6.42 Å². The highest BCUT2D eigenvalue weighted by Gasteiger charge is 2.62. The van der Waals surface area contributed by atoms with Crippen LogP contribution in [0.15, 0.2) is 24.9 Å². The van der Waals surface area contributed by atoms with Crippen molar-refractivity contribution in [3.63, 3.8) is 0 Å². The third-order valence-electron chi connectivity index (χ3n) is 3.55. The molecule has 2 unspecified atom stereocenters. The molecule has 6 heteroatoms. The summed E-state index contributed by atoms with van der Waals surface area (Å²) in [6.45, 7) is 7.58. The first-order valence-electron chi connectivity index (χ1n) is 5.71. The molecular weight excluding hydrogens is 252 g/mol. The second kappa shape index (κ2) is 5.64. The Morgan fingerprint density at radius 1 is 1.11 bits per heavy atom. The van der Waals surface area contributed by atoms with Gasteiger partial charge in [0, 0.05) is 40.9 Å². The van der Waals surface area contributed by atoms with Crippen molar-refractivity contribution in [2.24, 2.45) is 0 Å². The van der Waals surface area contributed by atoms with Gasteiger partial charge in [0.15, 0.2) is 0 Å². The molecule has 0 aromatic heterocycles. The number of rotatable bonds is 6. The molecule has 0 amide bonds. The fourth-order valence-corrected chi connectivity index (χ4v) is 4.68. The highest BCUT2D eigenvalue weighted by molar-refractivity contribution is 6.72. The van der Waals surface area contributed by atoms with Gasteiger partial charge in [-0.2, -0.15) is 0 Å². The molecule has 5 nitrogen and oxygen atoms in total. The average Bonchev–Trinajstić information content (AvgIpc) is 2.46. The second-order valence-corrected chi connectivity index (χ2v) is 7.20. The molecule has 0 aromatic carbocycles. The summed E-state index contributed by atoms with van der Waals surface area (Å²) < 4.78 is 28.1. The zero-order valence-electron chi connectivity index (χ0n) is 11.5. The minimum absolute atomic E-state index is 0.575. The Bertz CT molecular complexity index is 318. The highest BCUT2D eigenvalue weighted by atomic mass is 28.4. The van der Waals surface area contributed by atoms with Crippen LogP contribution >= 0.6 is 0 Å². The summed E-state index contributed by atoms with van der Waals surface area (Å²) in [5.74, 6) is -2.23. The van der Waals surface area contributed by atoms with Gasteiger partial charge < -0.3 is 23.1 Å². The van der Waals surface area contributed by atoms with Gasteiger partial charge in [-0.15, -0.1) is 6.58 Å². The molecular formula is C12H22O5Si. The van der Waals surface area contributed by atoms with Crippen molar-refractivity contribution in [1.82, 2.24) is 0 Å². The smallest absolute Gasteiger partial charge is 0.366 e. The Kier molecular flexibility index (Phi) is 4.88. The fraction of sp³-hybridized carbons (Fsp3) is 0.667. The van der Waals surface area contributed by atoms with Gasteiger partial charge in [-0.3, -0.25) is 0 Å². The lowest BCUT2D eigenvalue weighted by Gasteiger charge is -2.52. The van der Waals surface area contributed by atoms with Gasteiger partial charge in [-0.1, -0.05) is 6.58 Å². The van der Waals surface area contributed by atoms with E-state index in [1.54, 1.807) is 33.1 Å². The maximum absolute atomic E-state index is 6.06. The second-order valence-electron chi connectivity index (χ2n) is 4.06. The molecule has 18 heavy (non-hydrogen) atoms. The maximum Gasteiger partial charge on any atom is 0.366 e.